The Labute approximate surface area is 156 Å². The van der Waals surface area contributed by atoms with E-state index in [4.69, 9.17) is 0 Å². The predicted octanol–water partition coefficient (Wildman–Crippen LogP) is 1.84. The fourth-order valence-electron chi connectivity index (χ4n) is 4.23. The van der Waals surface area contributed by atoms with E-state index in [1.165, 1.54) is 17.1 Å². The number of amides is 1. The minimum absolute atomic E-state index is 0.185. The lowest BCUT2D eigenvalue weighted by Crippen LogP contribution is -2.38. The van der Waals surface area contributed by atoms with Gasteiger partial charge in [-0.3, -0.25) is 9.48 Å². The molecule has 0 atom stereocenters. The highest BCUT2D eigenvalue weighted by atomic mass is 32.2. The molecule has 2 aliphatic rings. The normalized spacial score (nSPS) is 20.5. The second kappa shape index (κ2) is 7.68. The number of hydrogen-bond acceptors (Lipinski definition) is 4. The van der Waals surface area contributed by atoms with Gasteiger partial charge in [0.15, 0.2) is 0 Å². The zero-order valence-corrected chi connectivity index (χ0v) is 16.9. The van der Waals surface area contributed by atoms with E-state index in [1.807, 2.05) is 4.90 Å². The molecular formula is C18H30N4O3S. The van der Waals surface area contributed by atoms with E-state index in [9.17, 15) is 13.2 Å². The van der Waals surface area contributed by atoms with E-state index in [0.29, 0.717) is 61.2 Å². The first-order valence-corrected chi connectivity index (χ1v) is 11.0. The zero-order chi connectivity index (χ0) is 18.9. The molecule has 1 aliphatic heterocycles. The van der Waals surface area contributed by atoms with Crippen LogP contribution in [0.5, 0.6) is 0 Å². The molecule has 0 aromatic carbocycles. The van der Waals surface area contributed by atoms with Gasteiger partial charge in [0.25, 0.3) is 0 Å². The number of sulfonamides is 1. The Morgan fingerprint density at radius 3 is 2.38 bits per heavy atom. The number of rotatable bonds is 4. The molecule has 7 nitrogen and oxygen atoms in total. The first-order chi connectivity index (χ1) is 12.3. The maximum atomic E-state index is 13.1. The molecule has 0 N–H and O–H groups in total. The summed E-state index contributed by atoms with van der Waals surface area (Å²) in [6.07, 6.45) is 6.06. The maximum absolute atomic E-state index is 13.1. The third-order valence-corrected chi connectivity index (χ3v) is 7.94. The van der Waals surface area contributed by atoms with Crippen molar-refractivity contribution in [1.29, 1.82) is 0 Å². The molecule has 3 rings (SSSR count). The summed E-state index contributed by atoms with van der Waals surface area (Å²) in [5.41, 5.74) is 1.18. The van der Waals surface area contributed by atoms with Gasteiger partial charge in [-0.1, -0.05) is 12.8 Å². The Hall–Kier alpha value is -1.41. The summed E-state index contributed by atoms with van der Waals surface area (Å²) < 4.78 is 29.4. The molecule has 0 unspecified atom stereocenters. The van der Waals surface area contributed by atoms with Crippen LogP contribution in [0.1, 0.15) is 49.9 Å². The highest BCUT2D eigenvalue weighted by molar-refractivity contribution is 7.89. The number of hydrogen-bond donors (Lipinski definition) is 0. The molecule has 0 spiro atoms. The molecule has 0 bridgehead atoms. The van der Waals surface area contributed by atoms with E-state index < -0.39 is 10.0 Å². The largest absolute Gasteiger partial charge is 0.341 e. The molecule has 1 aromatic heterocycles. The van der Waals surface area contributed by atoms with E-state index in [-0.39, 0.29) is 5.91 Å². The molecule has 8 heteroatoms. The highest BCUT2D eigenvalue weighted by Gasteiger charge is 2.33. The SMILES string of the molecule is Cc1nn(C)c(C)c1S(=O)(=O)N1CCCN(C(=O)CC2CCCC2)CC1. The summed E-state index contributed by atoms with van der Waals surface area (Å²) in [7, 11) is -1.83. The van der Waals surface area contributed by atoms with E-state index in [1.54, 1.807) is 25.6 Å². The summed E-state index contributed by atoms with van der Waals surface area (Å²) >= 11 is 0. The standard InChI is InChI=1S/C18H30N4O3S/c1-14-18(15(2)20(3)19-14)26(24,25)22-10-6-9-21(11-12-22)17(23)13-16-7-4-5-8-16/h16H,4-13H2,1-3H3. The van der Waals surface area contributed by atoms with Crippen molar-refractivity contribution in [2.24, 2.45) is 13.0 Å². The summed E-state index contributed by atoms with van der Waals surface area (Å²) in [5, 5.41) is 4.24. The van der Waals surface area contributed by atoms with Crippen LogP contribution in [0.3, 0.4) is 0 Å². The van der Waals surface area contributed by atoms with Gasteiger partial charge in [0.2, 0.25) is 15.9 Å². The van der Waals surface area contributed by atoms with Crippen molar-refractivity contribution >= 4 is 15.9 Å². The van der Waals surface area contributed by atoms with Crippen LogP contribution in [0.25, 0.3) is 0 Å². The van der Waals surface area contributed by atoms with Gasteiger partial charge in [0.05, 0.1) is 11.4 Å². The van der Waals surface area contributed by atoms with Crippen LogP contribution in [-0.4, -0.2) is 59.5 Å². The van der Waals surface area contributed by atoms with Crippen LogP contribution in [0, 0.1) is 19.8 Å². The van der Waals surface area contributed by atoms with E-state index in [2.05, 4.69) is 5.10 Å². The Kier molecular flexibility index (Phi) is 5.72. The van der Waals surface area contributed by atoms with Gasteiger partial charge < -0.3 is 4.90 Å². The second-order valence-electron chi connectivity index (χ2n) is 7.62. The van der Waals surface area contributed by atoms with Crippen LogP contribution < -0.4 is 0 Å². The van der Waals surface area contributed by atoms with Gasteiger partial charge in [-0.05, 0) is 39.0 Å². The van der Waals surface area contributed by atoms with Gasteiger partial charge in [0.1, 0.15) is 4.90 Å². The Bertz CT molecular complexity index is 766. The molecule has 1 amide bonds. The lowest BCUT2D eigenvalue weighted by molar-refractivity contribution is -0.132. The lowest BCUT2D eigenvalue weighted by atomic mass is 10.0. The number of carbonyl (C=O) groups is 1. The van der Waals surface area contributed by atoms with Crippen LogP contribution in [0.2, 0.25) is 0 Å². The van der Waals surface area contributed by atoms with Gasteiger partial charge >= 0.3 is 0 Å². The van der Waals surface area contributed by atoms with Crippen molar-refractivity contribution in [3.8, 4) is 0 Å². The molecule has 26 heavy (non-hydrogen) atoms. The monoisotopic (exact) mass is 382 g/mol. The van der Waals surface area contributed by atoms with Crippen LogP contribution in [-0.2, 0) is 21.9 Å². The summed E-state index contributed by atoms with van der Waals surface area (Å²) in [6, 6.07) is 0. The topological polar surface area (TPSA) is 75.5 Å². The number of carbonyl (C=O) groups excluding carboxylic acids is 1. The predicted molar refractivity (Wildman–Crippen MR) is 99.2 cm³/mol. The molecule has 1 aliphatic carbocycles. The molecule has 1 aromatic rings. The van der Waals surface area contributed by atoms with Gasteiger partial charge in [-0.15, -0.1) is 0 Å². The summed E-state index contributed by atoms with van der Waals surface area (Å²) in [5.74, 6) is 0.705. The summed E-state index contributed by atoms with van der Waals surface area (Å²) in [6.45, 7) is 5.43. The third kappa shape index (κ3) is 3.81. The van der Waals surface area contributed by atoms with Crippen LogP contribution in [0.15, 0.2) is 4.90 Å². The molecular weight excluding hydrogens is 352 g/mol. The molecule has 2 heterocycles. The third-order valence-electron chi connectivity index (χ3n) is 5.79. The average Bonchev–Trinajstić information content (AvgIpc) is 3.06. The van der Waals surface area contributed by atoms with E-state index >= 15 is 0 Å². The fourth-order valence-corrected chi connectivity index (χ4v) is 6.10. The van der Waals surface area contributed by atoms with Crippen LogP contribution >= 0.6 is 0 Å². The smallest absolute Gasteiger partial charge is 0.246 e. The first-order valence-electron chi connectivity index (χ1n) is 9.59. The van der Waals surface area contributed by atoms with Crippen molar-refractivity contribution in [2.45, 2.75) is 57.3 Å². The van der Waals surface area contributed by atoms with E-state index in [0.717, 1.165) is 12.8 Å². The molecule has 146 valence electrons. The van der Waals surface area contributed by atoms with Crippen molar-refractivity contribution in [3.05, 3.63) is 11.4 Å². The van der Waals surface area contributed by atoms with Gasteiger partial charge in [0, 0.05) is 39.6 Å². The van der Waals surface area contributed by atoms with Gasteiger partial charge in [-0.25, -0.2) is 8.42 Å². The van der Waals surface area contributed by atoms with Crippen molar-refractivity contribution in [2.75, 3.05) is 26.2 Å². The molecule has 1 saturated heterocycles. The minimum Gasteiger partial charge on any atom is -0.341 e. The molecule has 2 fully saturated rings. The Morgan fingerprint density at radius 1 is 1.08 bits per heavy atom. The number of nitrogens with zero attached hydrogens (tertiary/aromatic N) is 4. The van der Waals surface area contributed by atoms with Crippen LogP contribution in [0.4, 0.5) is 0 Å². The van der Waals surface area contributed by atoms with Gasteiger partial charge in [-0.2, -0.15) is 9.40 Å². The zero-order valence-electron chi connectivity index (χ0n) is 16.1. The quantitative estimate of drug-likeness (QED) is 0.796. The summed E-state index contributed by atoms with van der Waals surface area (Å²) in [4.78, 5) is 14.8. The van der Waals surface area contributed by atoms with Crippen molar-refractivity contribution in [1.82, 2.24) is 19.0 Å². The highest BCUT2D eigenvalue weighted by Crippen LogP contribution is 2.28. The first kappa shape index (κ1) is 19.4. The number of aryl methyl sites for hydroxylation is 2. The Morgan fingerprint density at radius 2 is 1.77 bits per heavy atom. The molecule has 0 radical (unpaired) electrons. The van der Waals surface area contributed by atoms with Crippen molar-refractivity contribution < 1.29 is 13.2 Å². The van der Waals surface area contributed by atoms with Crippen molar-refractivity contribution in [3.63, 3.8) is 0 Å². The average molecular weight is 383 g/mol. The second-order valence-corrected chi connectivity index (χ2v) is 9.49. The Balaban J connectivity index is 1.68. The fraction of sp³-hybridized carbons (Fsp3) is 0.778. The number of aromatic nitrogens is 2. The lowest BCUT2D eigenvalue weighted by Gasteiger charge is -2.23. The minimum atomic E-state index is -3.59. The maximum Gasteiger partial charge on any atom is 0.246 e. The molecule has 1 saturated carbocycles.